The molecule has 0 bridgehead atoms. The molecule has 1 fully saturated rings. The van der Waals surface area contributed by atoms with Crippen LogP contribution in [0.1, 0.15) is 38.2 Å². The lowest BCUT2D eigenvalue weighted by Crippen LogP contribution is -2.47. The number of rotatable bonds is 7. The molecule has 0 radical (unpaired) electrons. The third-order valence-electron chi connectivity index (χ3n) is 4.23. The number of nitrogens with zero attached hydrogens (tertiary/aromatic N) is 1. The largest absolute Gasteiger partial charge is 0.395 e. The fourth-order valence-electron chi connectivity index (χ4n) is 3.11. The molecule has 1 aromatic carbocycles. The fraction of sp³-hybridized carbons (Fsp3) is 0.611. The lowest BCUT2D eigenvalue weighted by atomic mass is 9.95. The molecule has 1 aliphatic carbocycles. The summed E-state index contributed by atoms with van der Waals surface area (Å²) in [6.07, 6.45) is 4.56. The van der Waals surface area contributed by atoms with Crippen LogP contribution in [0.15, 0.2) is 30.3 Å². The second kappa shape index (κ2) is 9.83. The summed E-state index contributed by atoms with van der Waals surface area (Å²) in [5.41, 5.74) is 1.08. The van der Waals surface area contributed by atoms with Crippen LogP contribution in [0, 0.1) is 0 Å². The van der Waals surface area contributed by atoms with Crippen LogP contribution in [0.4, 0.5) is 4.79 Å². The van der Waals surface area contributed by atoms with E-state index >= 15 is 0 Å². The maximum Gasteiger partial charge on any atom is 0.317 e. The molecule has 1 aromatic rings. The van der Waals surface area contributed by atoms with Gasteiger partial charge in [-0.1, -0.05) is 43.7 Å². The van der Waals surface area contributed by atoms with Gasteiger partial charge >= 0.3 is 6.03 Å². The smallest absolute Gasteiger partial charge is 0.317 e. The van der Waals surface area contributed by atoms with Gasteiger partial charge in [0.15, 0.2) is 0 Å². The first-order valence-corrected chi connectivity index (χ1v) is 9.59. The van der Waals surface area contributed by atoms with Crippen molar-refractivity contribution < 1.29 is 9.90 Å². The van der Waals surface area contributed by atoms with Crippen molar-refractivity contribution in [1.29, 1.82) is 0 Å². The van der Waals surface area contributed by atoms with Crippen molar-refractivity contribution in [3.63, 3.8) is 0 Å². The second-order valence-electron chi connectivity index (χ2n) is 6.02. The monoisotopic (exact) mass is 336 g/mol. The summed E-state index contributed by atoms with van der Waals surface area (Å²) >= 11 is 2.00. The van der Waals surface area contributed by atoms with Crippen molar-refractivity contribution >= 4 is 17.8 Å². The number of hydrogen-bond donors (Lipinski definition) is 2. The van der Waals surface area contributed by atoms with Crippen molar-refractivity contribution in [1.82, 2.24) is 10.2 Å². The molecule has 2 N–H and O–H groups in total. The molecule has 128 valence electrons. The van der Waals surface area contributed by atoms with Gasteiger partial charge in [0, 0.05) is 24.4 Å². The van der Waals surface area contributed by atoms with Gasteiger partial charge in [0.1, 0.15) is 0 Å². The highest BCUT2D eigenvalue weighted by Crippen LogP contribution is 2.28. The minimum atomic E-state index is -0.0601. The summed E-state index contributed by atoms with van der Waals surface area (Å²) in [6, 6.07) is 10.1. The number of amides is 2. The van der Waals surface area contributed by atoms with E-state index in [0.29, 0.717) is 18.3 Å². The van der Waals surface area contributed by atoms with E-state index < -0.39 is 0 Å². The van der Waals surface area contributed by atoms with E-state index in [1.54, 1.807) is 4.90 Å². The van der Waals surface area contributed by atoms with Gasteiger partial charge in [0.05, 0.1) is 6.61 Å². The molecule has 23 heavy (non-hydrogen) atoms. The topological polar surface area (TPSA) is 52.6 Å². The highest BCUT2D eigenvalue weighted by molar-refractivity contribution is 7.99. The quantitative estimate of drug-likeness (QED) is 0.803. The first-order valence-electron chi connectivity index (χ1n) is 8.54. The first-order chi connectivity index (χ1) is 11.2. The summed E-state index contributed by atoms with van der Waals surface area (Å²) in [5, 5.41) is 13.1. The average Bonchev–Trinajstić information content (AvgIpc) is 2.56. The van der Waals surface area contributed by atoms with Crippen LogP contribution in [-0.2, 0) is 6.54 Å². The molecule has 1 saturated carbocycles. The van der Waals surface area contributed by atoms with Gasteiger partial charge in [0.25, 0.3) is 0 Å². The van der Waals surface area contributed by atoms with E-state index in [4.69, 9.17) is 0 Å². The molecule has 5 heteroatoms. The van der Waals surface area contributed by atoms with Gasteiger partial charge in [-0.3, -0.25) is 0 Å². The molecule has 2 atom stereocenters. The summed E-state index contributed by atoms with van der Waals surface area (Å²) in [6.45, 7) is 3.07. The Morgan fingerprint density at radius 1 is 1.35 bits per heavy atom. The fourth-order valence-corrected chi connectivity index (χ4v) is 4.28. The Labute approximate surface area is 143 Å². The highest BCUT2D eigenvalue weighted by Gasteiger charge is 2.24. The van der Waals surface area contributed by atoms with Crippen molar-refractivity contribution in [3.8, 4) is 0 Å². The Bertz CT molecular complexity index is 467. The number of nitrogens with one attached hydrogen (secondary N) is 1. The molecule has 2 rings (SSSR count). The molecule has 0 saturated heterocycles. The number of aliphatic hydroxyl groups is 1. The first kappa shape index (κ1) is 18.1. The lowest BCUT2D eigenvalue weighted by Gasteiger charge is -2.31. The van der Waals surface area contributed by atoms with E-state index in [2.05, 4.69) is 12.2 Å². The summed E-state index contributed by atoms with van der Waals surface area (Å²) < 4.78 is 0. The maximum absolute atomic E-state index is 12.6. The maximum atomic E-state index is 12.6. The van der Waals surface area contributed by atoms with Crippen LogP contribution >= 0.6 is 11.8 Å². The molecule has 0 aromatic heterocycles. The minimum Gasteiger partial charge on any atom is -0.395 e. The van der Waals surface area contributed by atoms with E-state index in [1.165, 1.54) is 12.8 Å². The van der Waals surface area contributed by atoms with Crippen LogP contribution in [0.25, 0.3) is 0 Å². The Balaban J connectivity index is 1.89. The van der Waals surface area contributed by atoms with Gasteiger partial charge in [-0.25, -0.2) is 4.79 Å². The zero-order chi connectivity index (χ0) is 16.5. The number of hydrogen-bond acceptors (Lipinski definition) is 3. The average molecular weight is 337 g/mol. The number of benzene rings is 1. The van der Waals surface area contributed by atoms with Crippen molar-refractivity contribution in [2.75, 3.05) is 18.9 Å². The predicted octanol–water partition coefficient (Wildman–Crippen LogP) is 3.25. The summed E-state index contributed by atoms with van der Waals surface area (Å²) in [7, 11) is 0. The SMILES string of the molecule is CCSC1CCCC(NC(=O)N(CCO)Cc2ccccc2)C1. The van der Waals surface area contributed by atoms with Gasteiger partial charge in [0.2, 0.25) is 0 Å². The van der Waals surface area contributed by atoms with Crippen LogP contribution in [-0.4, -0.2) is 46.2 Å². The van der Waals surface area contributed by atoms with Gasteiger partial charge in [-0.2, -0.15) is 11.8 Å². The molecular formula is C18H28N2O2S. The van der Waals surface area contributed by atoms with Crippen LogP contribution in [0.2, 0.25) is 0 Å². The Hall–Kier alpha value is -1.20. The number of thioether (sulfide) groups is 1. The van der Waals surface area contributed by atoms with Crippen molar-refractivity contribution in [2.45, 2.75) is 50.4 Å². The number of aliphatic hydroxyl groups excluding tert-OH is 1. The predicted molar refractivity (Wildman–Crippen MR) is 96.6 cm³/mol. The normalized spacial score (nSPS) is 21.0. The summed E-state index contributed by atoms with van der Waals surface area (Å²) in [4.78, 5) is 14.3. The molecule has 2 unspecified atom stereocenters. The second-order valence-corrected chi connectivity index (χ2v) is 7.60. The lowest BCUT2D eigenvalue weighted by molar-refractivity contribution is 0.168. The van der Waals surface area contributed by atoms with Crippen LogP contribution in [0.5, 0.6) is 0 Å². The molecule has 1 aliphatic rings. The van der Waals surface area contributed by atoms with E-state index in [0.717, 1.165) is 24.2 Å². The summed E-state index contributed by atoms with van der Waals surface area (Å²) in [5.74, 6) is 1.13. The number of carbonyl (C=O) groups is 1. The molecule has 0 heterocycles. The van der Waals surface area contributed by atoms with Gasteiger partial charge in [-0.05, 0) is 30.6 Å². The van der Waals surface area contributed by atoms with Crippen LogP contribution < -0.4 is 5.32 Å². The third-order valence-corrected chi connectivity index (χ3v) is 5.46. The molecule has 0 spiro atoms. The Morgan fingerprint density at radius 3 is 2.83 bits per heavy atom. The molecule has 0 aliphatic heterocycles. The number of carbonyl (C=O) groups excluding carboxylic acids is 1. The highest BCUT2D eigenvalue weighted by atomic mass is 32.2. The zero-order valence-electron chi connectivity index (χ0n) is 13.9. The van der Waals surface area contributed by atoms with Crippen LogP contribution in [0.3, 0.4) is 0 Å². The minimum absolute atomic E-state index is 0.0147. The molecular weight excluding hydrogens is 308 g/mol. The number of urea groups is 1. The third kappa shape index (κ3) is 6.07. The van der Waals surface area contributed by atoms with Gasteiger partial charge in [-0.15, -0.1) is 0 Å². The Morgan fingerprint density at radius 2 is 2.13 bits per heavy atom. The van der Waals surface area contributed by atoms with E-state index in [1.807, 2.05) is 42.1 Å². The van der Waals surface area contributed by atoms with E-state index in [9.17, 15) is 9.90 Å². The Kier molecular flexibility index (Phi) is 7.76. The van der Waals surface area contributed by atoms with Gasteiger partial charge < -0.3 is 15.3 Å². The van der Waals surface area contributed by atoms with Crippen molar-refractivity contribution in [2.24, 2.45) is 0 Å². The molecule has 4 nitrogen and oxygen atoms in total. The van der Waals surface area contributed by atoms with E-state index in [-0.39, 0.29) is 18.7 Å². The zero-order valence-corrected chi connectivity index (χ0v) is 14.7. The standard InChI is InChI=1S/C18H28N2O2S/c1-2-23-17-10-6-9-16(13-17)19-18(22)20(11-12-21)14-15-7-4-3-5-8-15/h3-5,7-8,16-17,21H,2,6,9-14H2,1H3,(H,19,22). The molecule has 2 amide bonds. The van der Waals surface area contributed by atoms with Crippen molar-refractivity contribution in [3.05, 3.63) is 35.9 Å².